The fourth-order valence-corrected chi connectivity index (χ4v) is 3.17. The molecular formula is C17H24ClNO2. The number of carbonyl (C=O) groups excluding carboxylic acids is 1. The van der Waals surface area contributed by atoms with Crippen molar-refractivity contribution < 1.29 is 9.53 Å². The number of halogens is 1. The van der Waals surface area contributed by atoms with E-state index in [2.05, 4.69) is 5.32 Å². The van der Waals surface area contributed by atoms with E-state index in [0.717, 1.165) is 12.1 Å². The summed E-state index contributed by atoms with van der Waals surface area (Å²) in [5.41, 5.74) is 0.799. The molecule has 1 fully saturated rings. The lowest BCUT2D eigenvalue weighted by atomic mass is 9.85. The van der Waals surface area contributed by atoms with E-state index in [9.17, 15) is 4.79 Å². The van der Waals surface area contributed by atoms with Crippen LogP contribution in [0, 0.1) is 5.92 Å². The van der Waals surface area contributed by atoms with Crippen LogP contribution >= 0.6 is 11.6 Å². The maximum atomic E-state index is 12.2. The number of esters is 1. The number of para-hydroxylation sites is 1. The molecule has 0 aliphatic heterocycles. The molecule has 3 nitrogen and oxygen atoms in total. The van der Waals surface area contributed by atoms with E-state index >= 15 is 0 Å². The van der Waals surface area contributed by atoms with E-state index in [-0.39, 0.29) is 12.0 Å². The summed E-state index contributed by atoms with van der Waals surface area (Å²) >= 11 is 6.18. The van der Waals surface area contributed by atoms with Crippen LogP contribution in [0.4, 0.5) is 5.69 Å². The van der Waals surface area contributed by atoms with Gasteiger partial charge in [-0.2, -0.15) is 0 Å². The maximum absolute atomic E-state index is 12.2. The minimum Gasteiger partial charge on any atom is -0.464 e. The van der Waals surface area contributed by atoms with Crippen molar-refractivity contribution in [3.8, 4) is 0 Å². The molecule has 1 aliphatic carbocycles. The molecule has 1 aromatic rings. The number of hydrogen-bond donors (Lipinski definition) is 1. The van der Waals surface area contributed by atoms with Gasteiger partial charge in [0.1, 0.15) is 6.04 Å². The summed E-state index contributed by atoms with van der Waals surface area (Å²) in [4.78, 5) is 12.2. The Morgan fingerprint density at radius 2 is 2.05 bits per heavy atom. The van der Waals surface area contributed by atoms with Crippen molar-refractivity contribution in [1.82, 2.24) is 0 Å². The standard InChI is InChI=1S/C17H24ClNO2/c1-2-21-17(20)16(12-13-8-4-3-5-9-13)19-15-11-7-6-10-14(15)18/h6-7,10-11,13,16,19H,2-5,8-9,12H2,1H3. The van der Waals surface area contributed by atoms with Crippen LogP contribution in [0.15, 0.2) is 24.3 Å². The van der Waals surface area contributed by atoms with Crippen molar-refractivity contribution in [3.63, 3.8) is 0 Å². The van der Waals surface area contributed by atoms with Gasteiger partial charge < -0.3 is 10.1 Å². The zero-order valence-electron chi connectivity index (χ0n) is 12.6. The van der Waals surface area contributed by atoms with E-state index in [0.29, 0.717) is 17.5 Å². The minimum atomic E-state index is -0.312. The van der Waals surface area contributed by atoms with E-state index in [4.69, 9.17) is 16.3 Å². The van der Waals surface area contributed by atoms with Gasteiger partial charge in [-0.15, -0.1) is 0 Å². The summed E-state index contributed by atoms with van der Waals surface area (Å²) in [5.74, 6) is 0.422. The average Bonchev–Trinajstić information content (AvgIpc) is 2.50. The van der Waals surface area contributed by atoms with Crippen LogP contribution in [0.1, 0.15) is 45.4 Å². The normalized spacial score (nSPS) is 17.2. The summed E-state index contributed by atoms with van der Waals surface area (Å²) in [6.07, 6.45) is 7.10. The van der Waals surface area contributed by atoms with Gasteiger partial charge in [0, 0.05) is 0 Å². The molecule has 21 heavy (non-hydrogen) atoms. The molecule has 1 aliphatic rings. The summed E-state index contributed by atoms with van der Waals surface area (Å²) < 4.78 is 5.21. The van der Waals surface area contributed by atoms with E-state index in [1.807, 2.05) is 31.2 Å². The van der Waals surface area contributed by atoms with Gasteiger partial charge in [0.05, 0.1) is 17.3 Å². The van der Waals surface area contributed by atoms with Crippen LogP contribution in [-0.4, -0.2) is 18.6 Å². The third kappa shape index (κ3) is 4.92. The SMILES string of the molecule is CCOC(=O)C(CC1CCCCC1)Nc1ccccc1Cl. The minimum absolute atomic E-state index is 0.178. The first-order chi connectivity index (χ1) is 10.2. The lowest BCUT2D eigenvalue weighted by Crippen LogP contribution is -2.34. The van der Waals surface area contributed by atoms with Crippen molar-refractivity contribution in [2.24, 2.45) is 5.92 Å². The Bertz CT molecular complexity index is 458. The van der Waals surface area contributed by atoms with Crippen molar-refractivity contribution >= 4 is 23.3 Å². The summed E-state index contributed by atoms with van der Waals surface area (Å²) in [5, 5.41) is 3.91. The van der Waals surface area contributed by atoms with Crippen molar-refractivity contribution in [2.45, 2.75) is 51.5 Å². The second-order valence-corrected chi connectivity index (χ2v) is 6.08. The Labute approximate surface area is 132 Å². The van der Waals surface area contributed by atoms with Crippen molar-refractivity contribution in [1.29, 1.82) is 0 Å². The highest BCUT2D eigenvalue weighted by Crippen LogP contribution is 2.29. The molecule has 0 saturated heterocycles. The molecule has 2 rings (SSSR count). The first kappa shape index (κ1) is 16.2. The maximum Gasteiger partial charge on any atom is 0.328 e. The van der Waals surface area contributed by atoms with Gasteiger partial charge in [0.15, 0.2) is 0 Å². The Morgan fingerprint density at radius 1 is 1.33 bits per heavy atom. The third-order valence-corrected chi connectivity index (χ3v) is 4.40. The van der Waals surface area contributed by atoms with Crippen LogP contribution in [0.5, 0.6) is 0 Å². The van der Waals surface area contributed by atoms with Crippen LogP contribution in [0.3, 0.4) is 0 Å². The number of carbonyl (C=O) groups is 1. The largest absolute Gasteiger partial charge is 0.464 e. The molecule has 0 aromatic heterocycles. The Balaban J connectivity index is 2.04. The number of rotatable bonds is 6. The fraction of sp³-hybridized carbons (Fsp3) is 0.588. The van der Waals surface area contributed by atoms with Crippen LogP contribution < -0.4 is 5.32 Å². The number of benzene rings is 1. The summed E-state index contributed by atoms with van der Waals surface area (Å²) in [6.45, 7) is 2.25. The first-order valence-electron chi connectivity index (χ1n) is 7.88. The Morgan fingerprint density at radius 3 is 2.71 bits per heavy atom. The highest BCUT2D eigenvalue weighted by molar-refractivity contribution is 6.33. The van der Waals surface area contributed by atoms with Crippen LogP contribution in [-0.2, 0) is 9.53 Å². The number of ether oxygens (including phenoxy) is 1. The first-order valence-corrected chi connectivity index (χ1v) is 8.26. The fourth-order valence-electron chi connectivity index (χ4n) is 2.98. The Hall–Kier alpha value is -1.22. The van der Waals surface area contributed by atoms with Crippen molar-refractivity contribution in [2.75, 3.05) is 11.9 Å². The summed E-state index contributed by atoms with van der Waals surface area (Å²) in [7, 11) is 0. The molecule has 0 amide bonds. The predicted octanol–water partition coefficient (Wildman–Crippen LogP) is 4.65. The number of nitrogens with one attached hydrogen (secondary N) is 1. The molecule has 1 N–H and O–H groups in total. The molecule has 0 bridgehead atoms. The summed E-state index contributed by atoms with van der Waals surface area (Å²) in [6, 6.07) is 7.21. The monoisotopic (exact) mass is 309 g/mol. The van der Waals surface area contributed by atoms with Gasteiger partial charge in [-0.3, -0.25) is 0 Å². The molecule has 1 atom stereocenters. The highest BCUT2D eigenvalue weighted by atomic mass is 35.5. The van der Waals surface area contributed by atoms with E-state index in [1.165, 1.54) is 32.1 Å². The van der Waals surface area contributed by atoms with Crippen LogP contribution in [0.25, 0.3) is 0 Å². The van der Waals surface area contributed by atoms with Gasteiger partial charge >= 0.3 is 5.97 Å². The lowest BCUT2D eigenvalue weighted by molar-refractivity contribution is -0.144. The molecule has 1 saturated carbocycles. The molecule has 0 radical (unpaired) electrons. The van der Waals surface area contributed by atoms with Gasteiger partial charge in [0.2, 0.25) is 0 Å². The number of anilines is 1. The molecule has 0 spiro atoms. The zero-order chi connectivity index (χ0) is 15.1. The molecular weight excluding hydrogens is 286 g/mol. The molecule has 116 valence electrons. The van der Waals surface area contributed by atoms with Crippen molar-refractivity contribution in [3.05, 3.63) is 29.3 Å². The topological polar surface area (TPSA) is 38.3 Å². The van der Waals surface area contributed by atoms with E-state index in [1.54, 1.807) is 0 Å². The molecule has 1 aromatic carbocycles. The number of hydrogen-bond acceptors (Lipinski definition) is 3. The second kappa shape index (κ2) is 8.28. The van der Waals surface area contributed by atoms with Gasteiger partial charge in [0.25, 0.3) is 0 Å². The van der Waals surface area contributed by atoms with E-state index < -0.39 is 0 Å². The quantitative estimate of drug-likeness (QED) is 0.777. The molecule has 0 heterocycles. The molecule has 4 heteroatoms. The smallest absolute Gasteiger partial charge is 0.328 e. The Kier molecular flexibility index (Phi) is 6.37. The van der Waals surface area contributed by atoms with Crippen LogP contribution in [0.2, 0.25) is 5.02 Å². The third-order valence-electron chi connectivity index (χ3n) is 4.07. The molecule has 1 unspecified atom stereocenters. The van der Waals surface area contributed by atoms with Gasteiger partial charge in [-0.1, -0.05) is 55.8 Å². The highest BCUT2D eigenvalue weighted by Gasteiger charge is 2.25. The predicted molar refractivity (Wildman–Crippen MR) is 86.7 cm³/mol. The average molecular weight is 310 g/mol. The zero-order valence-corrected chi connectivity index (χ0v) is 13.4. The van der Waals surface area contributed by atoms with Gasteiger partial charge in [-0.25, -0.2) is 4.79 Å². The second-order valence-electron chi connectivity index (χ2n) is 5.67. The lowest BCUT2D eigenvalue weighted by Gasteiger charge is -2.26. The van der Waals surface area contributed by atoms with Gasteiger partial charge in [-0.05, 0) is 31.4 Å².